The number of hydrogen-bond acceptors (Lipinski definition) is 4. The lowest BCUT2D eigenvalue weighted by atomic mass is 9.83. The first-order valence-corrected chi connectivity index (χ1v) is 11.2. The first-order valence-electron chi connectivity index (χ1n) is 9.94. The minimum absolute atomic E-state index is 0.0847. The average molecular weight is 412 g/mol. The fraction of sp³-hybridized carbons (Fsp3) is 0.391. The van der Waals surface area contributed by atoms with Crippen LogP contribution in [-0.2, 0) is 11.2 Å². The SMILES string of the molecule is CC(=O)N1c2ccc(C(N)=O)cc2CC(C)[C@@H]1C1CC1.CSc1ccc(N)cc1. The lowest BCUT2D eigenvalue weighted by Gasteiger charge is -2.41. The summed E-state index contributed by atoms with van der Waals surface area (Å²) in [5, 5.41) is 0. The highest BCUT2D eigenvalue weighted by atomic mass is 32.2. The molecule has 1 unspecified atom stereocenters. The van der Waals surface area contributed by atoms with Gasteiger partial charge in [0.2, 0.25) is 11.8 Å². The molecule has 1 heterocycles. The Labute approximate surface area is 176 Å². The van der Waals surface area contributed by atoms with Crippen LogP contribution in [0.2, 0.25) is 0 Å². The molecule has 2 aliphatic rings. The molecule has 154 valence electrons. The van der Waals surface area contributed by atoms with Gasteiger partial charge in [-0.25, -0.2) is 0 Å². The molecule has 1 fully saturated rings. The minimum atomic E-state index is -0.417. The Hall–Kier alpha value is -2.47. The zero-order valence-electron chi connectivity index (χ0n) is 17.2. The maximum absolute atomic E-state index is 12.1. The Kier molecular flexibility index (Phi) is 6.52. The lowest BCUT2D eigenvalue weighted by Crippen LogP contribution is -2.48. The second-order valence-electron chi connectivity index (χ2n) is 7.88. The van der Waals surface area contributed by atoms with E-state index < -0.39 is 5.91 Å². The van der Waals surface area contributed by atoms with Crippen LogP contribution in [0.5, 0.6) is 0 Å². The molecule has 0 bridgehead atoms. The highest BCUT2D eigenvalue weighted by Crippen LogP contribution is 2.45. The number of benzene rings is 2. The smallest absolute Gasteiger partial charge is 0.248 e. The van der Waals surface area contributed by atoms with Crippen LogP contribution >= 0.6 is 11.8 Å². The van der Waals surface area contributed by atoms with Crippen LogP contribution < -0.4 is 16.4 Å². The van der Waals surface area contributed by atoms with Crippen molar-refractivity contribution in [2.45, 2.75) is 44.0 Å². The van der Waals surface area contributed by atoms with Gasteiger partial charge >= 0.3 is 0 Å². The summed E-state index contributed by atoms with van der Waals surface area (Å²) >= 11 is 1.72. The summed E-state index contributed by atoms with van der Waals surface area (Å²) in [6.45, 7) is 3.82. The quantitative estimate of drug-likeness (QED) is 0.588. The van der Waals surface area contributed by atoms with Gasteiger partial charge in [0.05, 0.1) is 0 Å². The molecule has 0 spiro atoms. The van der Waals surface area contributed by atoms with Crippen LogP contribution in [0.25, 0.3) is 0 Å². The maximum Gasteiger partial charge on any atom is 0.248 e. The van der Waals surface area contributed by atoms with Gasteiger partial charge in [-0.05, 0) is 85.4 Å². The van der Waals surface area contributed by atoms with Gasteiger partial charge in [-0.1, -0.05) is 6.92 Å². The molecule has 5 nitrogen and oxygen atoms in total. The predicted octanol–water partition coefficient (Wildman–Crippen LogP) is 4.10. The monoisotopic (exact) mass is 411 g/mol. The van der Waals surface area contributed by atoms with Gasteiger partial charge in [-0.3, -0.25) is 9.59 Å². The summed E-state index contributed by atoms with van der Waals surface area (Å²) in [7, 11) is 0. The molecule has 4 N–H and O–H groups in total. The summed E-state index contributed by atoms with van der Waals surface area (Å²) in [4.78, 5) is 26.6. The number of amides is 2. The zero-order valence-corrected chi connectivity index (χ0v) is 18.0. The standard InChI is InChI=1S/C16H20N2O2.C7H9NS/c1-9-7-13-8-12(16(17)20)5-6-14(13)18(10(2)19)15(9)11-3-4-11;1-9-7-4-2-6(8)3-5-7/h5-6,8-9,11,15H,3-4,7H2,1-2H3,(H2,17,20);2-5H,8H2,1H3/t9?,15-;/m1./s1. The molecule has 2 aromatic carbocycles. The largest absolute Gasteiger partial charge is 0.399 e. The van der Waals surface area contributed by atoms with E-state index in [0.29, 0.717) is 23.4 Å². The number of primary amides is 1. The van der Waals surface area contributed by atoms with Crippen LogP contribution in [0.4, 0.5) is 11.4 Å². The second kappa shape index (κ2) is 8.91. The van der Waals surface area contributed by atoms with Crippen molar-refractivity contribution in [2.24, 2.45) is 17.6 Å². The van der Waals surface area contributed by atoms with Crippen molar-refractivity contribution in [2.75, 3.05) is 16.9 Å². The molecule has 0 aromatic heterocycles. The number of fused-ring (bicyclic) bond motifs is 1. The van der Waals surface area contributed by atoms with E-state index in [0.717, 1.165) is 23.4 Å². The van der Waals surface area contributed by atoms with Crippen LogP contribution in [0, 0.1) is 11.8 Å². The summed E-state index contributed by atoms with van der Waals surface area (Å²) < 4.78 is 0. The van der Waals surface area contributed by atoms with E-state index in [4.69, 9.17) is 11.5 Å². The molecular weight excluding hydrogens is 382 g/mol. The van der Waals surface area contributed by atoms with E-state index >= 15 is 0 Å². The molecule has 2 amide bonds. The molecule has 4 rings (SSSR count). The minimum Gasteiger partial charge on any atom is -0.399 e. The Bertz CT molecular complexity index is 893. The van der Waals surface area contributed by atoms with Gasteiger partial charge in [0, 0.05) is 34.8 Å². The number of thioether (sulfide) groups is 1. The number of anilines is 2. The van der Waals surface area contributed by atoms with E-state index in [2.05, 4.69) is 6.92 Å². The molecule has 6 heteroatoms. The molecule has 2 atom stereocenters. The van der Waals surface area contributed by atoms with Gasteiger partial charge in [0.15, 0.2) is 0 Å². The van der Waals surface area contributed by atoms with E-state index in [1.165, 1.54) is 17.7 Å². The van der Waals surface area contributed by atoms with Crippen molar-refractivity contribution in [1.29, 1.82) is 0 Å². The summed E-state index contributed by atoms with van der Waals surface area (Å²) in [5.41, 5.74) is 14.2. The van der Waals surface area contributed by atoms with Gasteiger partial charge < -0.3 is 16.4 Å². The van der Waals surface area contributed by atoms with Crippen LogP contribution in [0.3, 0.4) is 0 Å². The first kappa shape index (κ1) is 21.2. The zero-order chi connectivity index (χ0) is 21.1. The van der Waals surface area contributed by atoms with Crippen molar-refractivity contribution >= 4 is 35.0 Å². The second-order valence-corrected chi connectivity index (χ2v) is 8.76. The van der Waals surface area contributed by atoms with E-state index in [-0.39, 0.29) is 5.91 Å². The number of carbonyl (C=O) groups is 2. The third kappa shape index (κ3) is 4.93. The summed E-state index contributed by atoms with van der Waals surface area (Å²) in [5.74, 6) is 0.723. The Morgan fingerprint density at radius 1 is 1.10 bits per heavy atom. The molecule has 1 aliphatic heterocycles. The third-order valence-electron chi connectivity index (χ3n) is 5.61. The fourth-order valence-electron chi connectivity index (χ4n) is 4.12. The normalized spacial score (nSPS) is 20.3. The van der Waals surface area contributed by atoms with Crippen LogP contribution in [0.15, 0.2) is 47.4 Å². The third-order valence-corrected chi connectivity index (χ3v) is 6.35. The van der Waals surface area contributed by atoms with E-state index in [1.807, 2.05) is 47.6 Å². The topological polar surface area (TPSA) is 89.4 Å². The molecule has 2 aromatic rings. The lowest BCUT2D eigenvalue weighted by molar-refractivity contribution is -0.117. The predicted molar refractivity (Wildman–Crippen MR) is 120 cm³/mol. The number of nitrogens with two attached hydrogens (primary N) is 2. The number of hydrogen-bond donors (Lipinski definition) is 2. The van der Waals surface area contributed by atoms with Crippen LogP contribution in [0.1, 0.15) is 42.6 Å². The fourth-order valence-corrected chi connectivity index (χ4v) is 4.52. The molecule has 0 radical (unpaired) electrons. The number of rotatable bonds is 3. The van der Waals surface area contributed by atoms with Gasteiger partial charge in [0.25, 0.3) is 0 Å². The van der Waals surface area contributed by atoms with Crippen molar-refractivity contribution in [1.82, 2.24) is 0 Å². The van der Waals surface area contributed by atoms with E-state index in [1.54, 1.807) is 24.8 Å². The van der Waals surface area contributed by atoms with Gasteiger partial charge in [0.1, 0.15) is 0 Å². The molecule has 0 saturated heterocycles. The molecular formula is C23H29N3O2S. The number of nitrogens with zero attached hydrogens (tertiary/aromatic N) is 1. The highest BCUT2D eigenvalue weighted by molar-refractivity contribution is 7.98. The summed E-state index contributed by atoms with van der Waals surface area (Å²) in [6.07, 6.45) is 5.38. The summed E-state index contributed by atoms with van der Waals surface area (Å²) in [6, 6.07) is 13.6. The highest BCUT2D eigenvalue weighted by Gasteiger charge is 2.43. The molecule has 29 heavy (non-hydrogen) atoms. The Balaban J connectivity index is 0.000000224. The van der Waals surface area contributed by atoms with Crippen molar-refractivity contribution in [3.05, 3.63) is 53.6 Å². The first-order chi connectivity index (χ1) is 13.8. The van der Waals surface area contributed by atoms with Gasteiger partial charge in [-0.15, -0.1) is 11.8 Å². The van der Waals surface area contributed by atoms with Crippen molar-refractivity contribution < 1.29 is 9.59 Å². The van der Waals surface area contributed by atoms with Crippen molar-refractivity contribution in [3.8, 4) is 0 Å². The van der Waals surface area contributed by atoms with Gasteiger partial charge in [-0.2, -0.15) is 0 Å². The molecule has 1 aliphatic carbocycles. The number of carbonyl (C=O) groups excluding carboxylic acids is 2. The average Bonchev–Trinajstić information content (AvgIpc) is 3.52. The Morgan fingerprint density at radius 2 is 1.76 bits per heavy atom. The maximum atomic E-state index is 12.1. The number of nitrogen functional groups attached to an aromatic ring is 1. The van der Waals surface area contributed by atoms with Crippen LogP contribution in [-0.4, -0.2) is 24.1 Å². The Morgan fingerprint density at radius 3 is 2.28 bits per heavy atom. The van der Waals surface area contributed by atoms with E-state index in [9.17, 15) is 9.59 Å². The molecule has 1 saturated carbocycles. The van der Waals surface area contributed by atoms with Crippen molar-refractivity contribution in [3.63, 3.8) is 0 Å².